The Morgan fingerprint density at radius 2 is 1.83 bits per heavy atom. The molecular formula is C22H24FN3O2S2. The van der Waals surface area contributed by atoms with Crippen LogP contribution in [0.4, 0.5) is 9.52 Å². The van der Waals surface area contributed by atoms with Gasteiger partial charge in [0.05, 0.1) is 5.75 Å². The van der Waals surface area contributed by atoms with Crippen LogP contribution in [0, 0.1) is 23.6 Å². The van der Waals surface area contributed by atoms with Crippen molar-refractivity contribution >= 4 is 39.9 Å². The third-order valence-electron chi connectivity index (χ3n) is 6.86. The predicted molar refractivity (Wildman–Crippen MR) is 116 cm³/mol. The van der Waals surface area contributed by atoms with E-state index >= 15 is 0 Å². The number of hydrogen-bond donors (Lipinski definition) is 1. The van der Waals surface area contributed by atoms with Gasteiger partial charge in [-0.05, 0) is 75.3 Å². The van der Waals surface area contributed by atoms with Crippen LogP contribution in [0.1, 0.15) is 60.8 Å². The second kappa shape index (κ2) is 7.71. The molecule has 5 nitrogen and oxygen atoms in total. The van der Waals surface area contributed by atoms with Gasteiger partial charge in [-0.15, -0.1) is 22.0 Å². The summed E-state index contributed by atoms with van der Waals surface area (Å²) in [6.07, 6.45) is 7.78. The molecule has 1 heterocycles. The number of aromatic nitrogens is 2. The predicted octanol–water partition coefficient (Wildman–Crippen LogP) is 5.08. The fraction of sp³-hybridized carbons (Fsp3) is 0.545. The molecule has 158 valence electrons. The lowest BCUT2D eigenvalue weighted by molar-refractivity contribution is -0.113. The molecule has 4 aliphatic rings. The molecular weight excluding hydrogens is 421 g/mol. The number of nitrogens with zero attached hydrogens (tertiary/aromatic N) is 2. The van der Waals surface area contributed by atoms with E-state index in [9.17, 15) is 14.0 Å². The van der Waals surface area contributed by atoms with Crippen molar-refractivity contribution in [2.75, 3.05) is 11.1 Å². The molecule has 1 aromatic heterocycles. The van der Waals surface area contributed by atoms with Crippen molar-refractivity contribution < 1.29 is 14.0 Å². The number of thioether (sulfide) groups is 1. The van der Waals surface area contributed by atoms with Crippen LogP contribution in [0.25, 0.3) is 0 Å². The molecule has 2 aromatic rings. The van der Waals surface area contributed by atoms with Gasteiger partial charge in [0, 0.05) is 15.9 Å². The Hall–Kier alpha value is -1.80. The molecule has 0 atom stereocenters. The molecule has 6 rings (SSSR count). The van der Waals surface area contributed by atoms with Crippen LogP contribution in [-0.4, -0.2) is 27.6 Å². The maximum absolute atomic E-state index is 14.1. The minimum absolute atomic E-state index is 0.0720. The van der Waals surface area contributed by atoms with Gasteiger partial charge in [0.2, 0.25) is 11.0 Å². The minimum Gasteiger partial charge on any atom is -0.300 e. The summed E-state index contributed by atoms with van der Waals surface area (Å²) in [5, 5.41) is 13.1. The number of Topliss-reactive ketones (excluding diaryl/α,β-unsaturated/α-hetero) is 1. The van der Waals surface area contributed by atoms with Crippen LogP contribution >= 0.6 is 23.1 Å². The third-order valence-corrected chi connectivity index (χ3v) is 8.99. The Kier molecular flexibility index (Phi) is 5.17. The maximum Gasteiger partial charge on any atom is 0.236 e. The first-order valence-electron chi connectivity index (χ1n) is 10.5. The summed E-state index contributed by atoms with van der Waals surface area (Å²) in [4.78, 5) is 24.0. The van der Waals surface area contributed by atoms with E-state index < -0.39 is 5.82 Å². The second-order valence-corrected chi connectivity index (χ2v) is 11.1. The molecule has 0 saturated heterocycles. The van der Waals surface area contributed by atoms with Crippen molar-refractivity contribution in [2.24, 2.45) is 17.8 Å². The van der Waals surface area contributed by atoms with Gasteiger partial charge in [-0.25, -0.2) is 4.39 Å². The number of amides is 1. The summed E-state index contributed by atoms with van der Waals surface area (Å²) in [5.41, 5.74) is 0.499. The number of nitrogens with one attached hydrogen (secondary N) is 1. The molecule has 8 heteroatoms. The van der Waals surface area contributed by atoms with Crippen molar-refractivity contribution in [1.29, 1.82) is 0 Å². The molecule has 1 amide bonds. The van der Waals surface area contributed by atoms with E-state index in [1.54, 1.807) is 12.1 Å². The molecule has 30 heavy (non-hydrogen) atoms. The Bertz CT molecular complexity index is 971. The number of benzene rings is 1. The standard InChI is InChI=1S/C22H24FN3O2S2/c1-12(27)16-2-3-18(17(23)7-16)29-11-19(28)24-21-26-25-20(30-21)22-8-13-4-14(9-22)6-15(5-13)10-22/h2-3,7,13-15H,4-6,8-11H2,1H3,(H,24,26,28). The van der Waals surface area contributed by atoms with Crippen molar-refractivity contribution in [3.8, 4) is 0 Å². The molecule has 1 aromatic carbocycles. The molecule has 0 unspecified atom stereocenters. The summed E-state index contributed by atoms with van der Waals surface area (Å²) >= 11 is 2.61. The van der Waals surface area contributed by atoms with E-state index in [1.807, 2.05) is 0 Å². The van der Waals surface area contributed by atoms with Gasteiger partial charge in [0.1, 0.15) is 10.8 Å². The van der Waals surface area contributed by atoms with Gasteiger partial charge < -0.3 is 0 Å². The molecule has 4 bridgehead atoms. The Morgan fingerprint density at radius 3 is 2.43 bits per heavy atom. The number of carbonyl (C=O) groups is 2. The topological polar surface area (TPSA) is 72.0 Å². The van der Waals surface area contributed by atoms with Crippen molar-refractivity contribution in [3.05, 3.63) is 34.6 Å². The van der Waals surface area contributed by atoms with Gasteiger partial charge >= 0.3 is 0 Å². The Balaban J connectivity index is 1.21. The van der Waals surface area contributed by atoms with Gasteiger partial charge in [0.25, 0.3) is 0 Å². The molecule has 4 aliphatic carbocycles. The zero-order valence-electron chi connectivity index (χ0n) is 16.8. The number of halogens is 1. The van der Waals surface area contributed by atoms with E-state index in [1.165, 1.54) is 62.9 Å². The normalized spacial score (nSPS) is 29.2. The van der Waals surface area contributed by atoms with E-state index in [0.29, 0.717) is 15.6 Å². The summed E-state index contributed by atoms with van der Waals surface area (Å²) < 4.78 is 14.1. The summed E-state index contributed by atoms with van der Waals surface area (Å²) in [7, 11) is 0. The highest BCUT2D eigenvalue weighted by Crippen LogP contribution is 2.61. The number of hydrogen-bond acceptors (Lipinski definition) is 6. The summed E-state index contributed by atoms with van der Waals surface area (Å²) in [6.45, 7) is 1.40. The van der Waals surface area contributed by atoms with Gasteiger partial charge in [0.15, 0.2) is 5.78 Å². The fourth-order valence-corrected chi connectivity index (χ4v) is 7.69. The van der Waals surface area contributed by atoms with Crippen molar-refractivity contribution in [1.82, 2.24) is 10.2 Å². The van der Waals surface area contributed by atoms with Gasteiger partial charge in [-0.1, -0.05) is 17.4 Å². The van der Waals surface area contributed by atoms with Crippen molar-refractivity contribution in [3.63, 3.8) is 0 Å². The monoisotopic (exact) mass is 445 g/mol. The molecule has 4 fully saturated rings. The van der Waals surface area contributed by atoms with Crippen molar-refractivity contribution in [2.45, 2.75) is 55.8 Å². The lowest BCUT2D eigenvalue weighted by Gasteiger charge is -2.55. The number of rotatable bonds is 6. The highest BCUT2D eigenvalue weighted by atomic mass is 32.2. The SMILES string of the molecule is CC(=O)c1ccc(SCC(=O)Nc2nnc(C34CC5CC(CC(C5)C3)C4)s2)c(F)c1. The number of carbonyl (C=O) groups excluding carboxylic acids is 2. The van der Waals surface area contributed by atoms with Crippen LogP contribution in [0.3, 0.4) is 0 Å². The highest BCUT2D eigenvalue weighted by Gasteiger charge is 2.53. The summed E-state index contributed by atoms with van der Waals surface area (Å²) in [6, 6.07) is 4.33. The molecule has 0 spiro atoms. The molecule has 0 aliphatic heterocycles. The minimum atomic E-state index is -0.486. The first-order chi connectivity index (χ1) is 14.4. The summed E-state index contributed by atoms with van der Waals surface area (Å²) in [5.74, 6) is 1.66. The van der Waals surface area contributed by atoms with E-state index in [4.69, 9.17) is 0 Å². The number of anilines is 1. The van der Waals surface area contributed by atoms with E-state index in [2.05, 4.69) is 15.5 Å². The largest absolute Gasteiger partial charge is 0.300 e. The zero-order chi connectivity index (χ0) is 20.9. The maximum atomic E-state index is 14.1. The number of ketones is 1. The average molecular weight is 446 g/mol. The highest BCUT2D eigenvalue weighted by molar-refractivity contribution is 8.00. The quantitative estimate of drug-likeness (QED) is 0.496. The second-order valence-electron chi connectivity index (χ2n) is 9.15. The lowest BCUT2D eigenvalue weighted by atomic mass is 9.50. The first kappa shape index (κ1) is 20.1. The van der Waals surface area contributed by atoms with E-state index in [0.717, 1.165) is 34.5 Å². The van der Waals surface area contributed by atoms with Crippen LogP contribution < -0.4 is 5.32 Å². The van der Waals surface area contributed by atoms with Crippen LogP contribution in [0.15, 0.2) is 23.1 Å². The first-order valence-corrected chi connectivity index (χ1v) is 12.3. The third kappa shape index (κ3) is 3.80. The average Bonchev–Trinajstić information content (AvgIpc) is 3.15. The van der Waals surface area contributed by atoms with Crippen LogP contribution in [0.5, 0.6) is 0 Å². The molecule has 0 radical (unpaired) electrons. The van der Waals surface area contributed by atoms with Crippen LogP contribution in [0.2, 0.25) is 0 Å². The lowest BCUT2D eigenvalue weighted by Crippen LogP contribution is -2.48. The molecule has 1 N–H and O–H groups in total. The zero-order valence-corrected chi connectivity index (χ0v) is 18.5. The smallest absolute Gasteiger partial charge is 0.236 e. The molecule has 4 saturated carbocycles. The van der Waals surface area contributed by atoms with Gasteiger partial charge in [-0.3, -0.25) is 14.9 Å². The van der Waals surface area contributed by atoms with Gasteiger partial charge in [-0.2, -0.15) is 0 Å². The Labute approximate surface area is 183 Å². The van der Waals surface area contributed by atoms with Crippen LogP contribution in [-0.2, 0) is 10.2 Å². The Morgan fingerprint density at radius 1 is 1.17 bits per heavy atom. The van der Waals surface area contributed by atoms with E-state index in [-0.39, 0.29) is 22.9 Å². The fourth-order valence-electron chi connectivity index (χ4n) is 6.00.